The molecule has 0 radical (unpaired) electrons. The molecule has 0 saturated heterocycles. The fourth-order valence-electron chi connectivity index (χ4n) is 1.70. The highest BCUT2D eigenvalue weighted by Crippen LogP contribution is 2.25. The minimum atomic E-state index is -0.325. The van der Waals surface area contributed by atoms with Gasteiger partial charge in [-0.2, -0.15) is 0 Å². The van der Waals surface area contributed by atoms with Gasteiger partial charge in [0.2, 0.25) is 5.89 Å². The lowest BCUT2D eigenvalue weighted by Gasteiger charge is -1.95. The number of halogens is 2. The van der Waals surface area contributed by atoms with E-state index in [-0.39, 0.29) is 17.6 Å². The van der Waals surface area contributed by atoms with E-state index in [2.05, 4.69) is 15.2 Å². The molecule has 0 aliphatic rings. The van der Waals surface area contributed by atoms with Gasteiger partial charge in [0.1, 0.15) is 10.8 Å². The number of aromatic nitrogens is 3. The smallest absolute Gasteiger partial charge is 0.259 e. The van der Waals surface area contributed by atoms with Gasteiger partial charge >= 0.3 is 0 Å². The van der Waals surface area contributed by atoms with Crippen LogP contribution in [0.5, 0.6) is 0 Å². The summed E-state index contributed by atoms with van der Waals surface area (Å²) in [5.41, 5.74) is 1.50. The molecule has 1 aromatic carbocycles. The van der Waals surface area contributed by atoms with Crippen LogP contribution in [0.2, 0.25) is 0 Å². The lowest BCUT2D eigenvalue weighted by atomic mass is 10.2. The molecule has 0 aliphatic carbocycles. The third-order valence-corrected chi connectivity index (χ3v) is 2.99. The lowest BCUT2D eigenvalue weighted by molar-refractivity contribution is 0.556. The highest BCUT2D eigenvalue weighted by molar-refractivity contribution is 6.50. The van der Waals surface area contributed by atoms with Crippen molar-refractivity contribution in [2.45, 2.75) is 0 Å². The Bertz CT molecular complexity index is 769. The average molecular weight is 302 g/mol. The van der Waals surface area contributed by atoms with Crippen molar-refractivity contribution in [2.24, 2.45) is 0 Å². The van der Waals surface area contributed by atoms with Crippen molar-refractivity contribution in [3.05, 3.63) is 66.1 Å². The van der Waals surface area contributed by atoms with Crippen LogP contribution in [0.25, 0.3) is 22.6 Å². The van der Waals surface area contributed by atoms with Crippen molar-refractivity contribution in [2.75, 3.05) is 0 Å². The summed E-state index contributed by atoms with van der Waals surface area (Å²) < 4.78 is 18.4. The summed E-state index contributed by atoms with van der Waals surface area (Å²) in [5, 5.41) is 8.11. The molecule has 2 heterocycles. The minimum Gasteiger partial charge on any atom is -0.415 e. The van der Waals surface area contributed by atoms with Crippen LogP contribution in [-0.2, 0) is 0 Å². The first-order valence-corrected chi connectivity index (χ1v) is 6.47. The van der Waals surface area contributed by atoms with E-state index in [9.17, 15) is 4.39 Å². The lowest BCUT2D eigenvalue weighted by Crippen LogP contribution is -1.79. The Hall–Kier alpha value is -2.53. The second-order valence-electron chi connectivity index (χ2n) is 4.19. The van der Waals surface area contributed by atoms with E-state index in [4.69, 9.17) is 16.0 Å². The maximum atomic E-state index is 12.9. The van der Waals surface area contributed by atoms with Crippen LogP contribution in [0.1, 0.15) is 11.5 Å². The number of benzene rings is 1. The van der Waals surface area contributed by atoms with E-state index in [1.54, 1.807) is 42.7 Å². The third kappa shape index (κ3) is 3.14. The van der Waals surface area contributed by atoms with Crippen molar-refractivity contribution < 1.29 is 8.81 Å². The van der Waals surface area contributed by atoms with Crippen LogP contribution < -0.4 is 0 Å². The Morgan fingerprint density at radius 2 is 1.76 bits per heavy atom. The van der Waals surface area contributed by atoms with Crippen LogP contribution in [0.4, 0.5) is 4.39 Å². The van der Waals surface area contributed by atoms with E-state index in [0.29, 0.717) is 10.6 Å². The Morgan fingerprint density at radius 3 is 2.48 bits per heavy atom. The molecule has 0 unspecified atom stereocenters. The standard InChI is InChI=1S/C15H9ClFN3O/c16-13(9-10-5-7-18-8-6-10)15-20-19-14(21-15)11-1-3-12(17)4-2-11/h1-9H. The maximum Gasteiger partial charge on any atom is 0.259 e. The van der Waals surface area contributed by atoms with Crippen molar-refractivity contribution in [3.8, 4) is 11.5 Å². The average Bonchev–Trinajstić information content (AvgIpc) is 2.99. The second kappa shape index (κ2) is 5.85. The molecule has 0 fully saturated rings. The first-order chi connectivity index (χ1) is 10.2. The predicted octanol–water partition coefficient (Wildman–Crippen LogP) is 4.01. The van der Waals surface area contributed by atoms with Gasteiger partial charge < -0.3 is 4.42 Å². The van der Waals surface area contributed by atoms with Gasteiger partial charge in [-0.25, -0.2) is 4.39 Å². The summed E-state index contributed by atoms with van der Waals surface area (Å²) in [6.45, 7) is 0. The maximum absolute atomic E-state index is 12.9. The van der Waals surface area contributed by atoms with Crippen LogP contribution >= 0.6 is 11.6 Å². The van der Waals surface area contributed by atoms with E-state index < -0.39 is 0 Å². The summed E-state index contributed by atoms with van der Waals surface area (Å²) in [7, 11) is 0. The minimum absolute atomic E-state index is 0.202. The molecule has 21 heavy (non-hydrogen) atoms. The molecule has 4 nitrogen and oxygen atoms in total. The third-order valence-electron chi connectivity index (χ3n) is 2.72. The van der Waals surface area contributed by atoms with Crippen molar-refractivity contribution in [1.82, 2.24) is 15.2 Å². The fraction of sp³-hybridized carbons (Fsp3) is 0. The number of hydrogen-bond donors (Lipinski definition) is 0. The van der Waals surface area contributed by atoms with Gasteiger partial charge in [-0.1, -0.05) is 11.6 Å². The molecule has 0 saturated carbocycles. The Morgan fingerprint density at radius 1 is 1.05 bits per heavy atom. The van der Waals surface area contributed by atoms with E-state index in [0.717, 1.165) is 5.56 Å². The fourth-order valence-corrected chi connectivity index (χ4v) is 1.90. The Balaban J connectivity index is 1.88. The van der Waals surface area contributed by atoms with Gasteiger partial charge in [0, 0.05) is 18.0 Å². The summed E-state index contributed by atoms with van der Waals surface area (Å²) in [6.07, 6.45) is 5.02. The molecule has 0 aliphatic heterocycles. The predicted molar refractivity (Wildman–Crippen MR) is 77.7 cm³/mol. The first kappa shape index (κ1) is 13.5. The van der Waals surface area contributed by atoms with Crippen molar-refractivity contribution in [1.29, 1.82) is 0 Å². The monoisotopic (exact) mass is 301 g/mol. The summed E-state index contributed by atoms with van der Waals surface area (Å²) in [5.74, 6) is 0.160. The van der Waals surface area contributed by atoms with Crippen LogP contribution in [0.15, 0.2) is 53.2 Å². The van der Waals surface area contributed by atoms with Gasteiger partial charge in [-0.05, 0) is 48.0 Å². The first-order valence-electron chi connectivity index (χ1n) is 6.09. The van der Waals surface area contributed by atoms with Crippen LogP contribution in [-0.4, -0.2) is 15.2 Å². The van der Waals surface area contributed by atoms with Gasteiger partial charge in [0.15, 0.2) is 0 Å². The summed E-state index contributed by atoms with van der Waals surface area (Å²) >= 11 is 6.15. The Labute approximate surface area is 124 Å². The largest absolute Gasteiger partial charge is 0.415 e. The molecule has 0 atom stereocenters. The van der Waals surface area contributed by atoms with Crippen molar-refractivity contribution in [3.63, 3.8) is 0 Å². The van der Waals surface area contributed by atoms with E-state index in [1.165, 1.54) is 12.1 Å². The number of nitrogens with zero attached hydrogens (tertiary/aromatic N) is 3. The molecule has 6 heteroatoms. The zero-order valence-electron chi connectivity index (χ0n) is 10.7. The molecule has 0 amide bonds. The molecule has 104 valence electrons. The molecular weight excluding hydrogens is 293 g/mol. The second-order valence-corrected chi connectivity index (χ2v) is 4.60. The van der Waals surface area contributed by atoms with Crippen molar-refractivity contribution >= 4 is 22.7 Å². The van der Waals surface area contributed by atoms with Crippen LogP contribution in [0, 0.1) is 5.82 Å². The van der Waals surface area contributed by atoms with Gasteiger partial charge in [-0.15, -0.1) is 10.2 Å². The molecule has 2 aromatic heterocycles. The number of pyridine rings is 1. The highest BCUT2D eigenvalue weighted by Gasteiger charge is 2.11. The normalized spacial score (nSPS) is 11.6. The molecule has 0 bridgehead atoms. The Kier molecular flexibility index (Phi) is 3.75. The highest BCUT2D eigenvalue weighted by atomic mass is 35.5. The molecular formula is C15H9ClFN3O. The molecule has 0 N–H and O–H groups in total. The topological polar surface area (TPSA) is 51.8 Å². The van der Waals surface area contributed by atoms with E-state index >= 15 is 0 Å². The molecule has 3 rings (SSSR count). The summed E-state index contributed by atoms with van der Waals surface area (Å²) in [4.78, 5) is 3.92. The quantitative estimate of drug-likeness (QED) is 0.733. The van der Waals surface area contributed by atoms with Crippen LogP contribution in [0.3, 0.4) is 0 Å². The SMILES string of the molecule is Fc1ccc(-c2nnc(C(Cl)=Cc3ccncc3)o2)cc1. The molecule has 0 spiro atoms. The van der Waals surface area contributed by atoms with Gasteiger partial charge in [-0.3, -0.25) is 4.98 Å². The zero-order valence-corrected chi connectivity index (χ0v) is 11.5. The summed E-state index contributed by atoms with van der Waals surface area (Å²) in [6, 6.07) is 9.39. The number of rotatable bonds is 3. The molecule has 3 aromatic rings. The van der Waals surface area contributed by atoms with Gasteiger partial charge in [0.25, 0.3) is 5.89 Å². The van der Waals surface area contributed by atoms with E-state index in [1.807, 2.05) is 0 Å². The number of hydrogen-bond acceptors (Lipinski definition) is 4. The van der Waals surface area contributed by atoms with Gasteiger partial charge in [0.05, 0.1) is 0 Å². The zero-order chi connectivity index (χ0) is 14.7.